The van der Waals surface area contributed by atoms with E-state index in [2.05, 4.69) is 20.0 Å². The van der Waals surface area contributed by atoms with Crippen LogP contribution in [0.15, 0.2) is 29.3 Å². The third kappa shape index (κ3) is 5.69. The van der Waals surface area contributed by atoms with Crippen molar-refractivity contribution in [3.05, 3.63) is 35.8 Å². The Morgan fingerprint density at radius 3 is 2.55 bits per heavy atom. The molecule has 1 unspecified atom stereocenters. The predicted octanol–water partition coefficient (Wildman–Crippen LogP) is 3.36. The second-order valence-corrected chi connectivity index (χ2v) is 8.74. The van der Waals surface area contributed by atoms with Crippen molar-refractivity contribution in [2.24, 2.45) is 0 Å². The molecule has 2 aromatic rings. The number of anilines is 3. The lowest BCUT2D eigenvalue weighted by Gasteiger charge is -2.37. The van der Waals surface area contributed by atoms with E-state index < -0.39 is 34.1 Å². The molecule has 1 saturated heterocycles. The molecule has 7 nitrogen and oxygen atoms in total. The molecule has 0 spiro atoms. The third-order valence-corrected chi connectivity index (χ3v) is 6.12. The van der Waals surface area contributed by atoms with Crippen LogP contribution >= 0.6 is 0 Å². The van der Waals surface area contributed by atoms with Crippen molar-refractivity contribution in [1.82, 2.24) is 14.7 Å². The molecule has 170 valence electrons. The van der Waals surface area contributed by atoms with Crippen molar-refractivity contribution < 1.29 is 26.9 Å². The summed E-state index contributed by atoms with van der Waals surface area (Å²) in [4.78, 5) is 9.35. The molecule has 1 aromatic carbocycles. The number of halogens is 4. The zero-order chi connectivity index (χ0) is 22.8. The van der Waals surface area contributed by atoms with Crippen LogP contribution in [-0.2, 0) is 17.2 Å². The van der Waals surface area contributed by atoms with E-state index in [0.717, 1.165) is 6.07 Å². The van der Waals surface area contributed by atoms with Gasteiger partial charge in [0.1, 0.15) is 28.2 Å². The molecule has 1 fully saturated rings. The van der Waals surface area contributed by atoms with Gasteiger partial charge in [0.15, 0.2) is 0 Å². The highest BCUT2D eigenvalue weighted by Gasteiger charge is 2.38. The first-order valence-electron chi connectivity index (χ1n) is 9.63. The molecule has 0 amide bonds. The number of benzene rings is 1. The molecular weight excluding hydrogens is 438 g/mol. The van der Waals surface area contributed by atoms with Gasteiger partial charge in [-0.2, -0.15) is 18.2 Å². The van der Waals surface area contributed by atoms with E-state index in [1.807, 2.05) is 0 Å². The van der Waals surface area contributed by atoms with Crippen LogP contribution in [-0.4, -0.2) is 44.5 Å². The lowest BCUT2D eigenvalue weighted by atomic mass is 9.94. The molecule has 1 aromatic heterocycles. The van der Waals surface area contributed by atoms with Crippen LogP contribution in [0.2, 0.25) is 0 Å². The summed E-state index contributed by atoms with van der Waals surface area (Å²) in [6.45, 7) is 4.20. The summed E-state index contributed by atoms with van der Waals surface area (Å²) < 4.78 is 69.5. The molecule has 12 heteroatoms. The van der Waals surface area contributed by atoms with E-state index in [4.69, 9.17) is 0 Å². The number of hydrogen-bond donors (Lipinski definition) is 3. The minimum Gasteiger partial charge on any atom is -0.390 e. The third-order valence-electron chi connectivity index (χ3n) is 4.89. The van der Waals surface area contributed by atoms with Crippen molar-refractivity contribution in [3.63, 3.8) is 0 Å². The molecule has 31 heavy (non-hydrogen) atoms. The van der Waals surface area contributed by atoms with Gasteiger partial charge in [0, 0.05) is 25.8 Å². The van der Waals surface area contributed by atoms with E-state index in [-0.39, 0.29) is 48.3 Å². The fraction of sp³-hybridized carbons (Fsp3) is 0.474. The van der Waals surface area contributed by atoms with Crippen molar-refractivity contribution in [2.45, 2.75) is 43.4 Å². The Kier molecular flexibility index (Phi) is 6.82. The molecule has 2 heterocycles. The summed E-state index contributed by atoms with van der Waals surface area (Å²) in [6.07, 6.45) is -3.44. The van der Waals surface area contributed by atoms with Gasteiger partial charge in [-0.1, -0.05) is 6.92 Å². The van der Waals surface area contributed by atoms with Crippen molar-refractivity contribution >= 4 is 28.4 Å². The van der Waals surface area contributed by atoms with E-state index in [9.17, 15) is 26.9 Å². The molecule has 1 aliphatic heterocycles. The molecule has 0 aliphatic carbocycles. The number of alkyl halides is 3. The van der Waals surface area contributed by atoms with E-state index in [0.29, 0.717) is 12.7 Å². The zero-order valence-corrected chi connectivity index (χ0v) is 17.8. The molecule has 1 atom stereocenters. The standard InChI is InChI=1S/C19H23F4N5O2S/c1-3-25-31(30)12-4-5-15(14(20)10-12)26-17-24-11-13(19(21,22)23)16(27-17)28-8-6-18(2,29)7-9-28/h4-5,10-11,25,29H,3,6-9H2,1-2H3,(H,24,26,27). The summed E-state index contributed by atoms with van der Waals surface area (Å²) in [7, 11) is -1.58. The Bertz CT molecular complexity index is 961. The van der Waals surface area contributed by atoms with Gasteiger partial charge in [-0.05, 0) is 38.0 Å². The summed E-state index contributed by atoms with van der Waals surface area (Å²) in [5.74, 6) is -1.28. The van der Waals surface area contributed by atoms with Crippen molar-refractivity contribution in [2.75, 3.05) is 29.9 Å². The second kappa shape index (κ2) is 9.05. The maximum atomic E-state index is 14.4. The molecule has 3 N–H and O–H groups in total. The molecule has 0 bridgehead atoms. The normalized spacial score (nSPS) is 17.5. The van der Waals surface area contributed by atoms with Crippen LogP contribution in [0.25, 0.3) is 0 Å². The number of piperidine rings is 1. The zero-order valence-electron chi connectivity index (χ0n) is 17.0. The van der Waals surface area contributed by atoms with E-state index in [1.54, 1.807) is 13.8 Å². The Morgan fingerprint density at radius 2 is 1.97 bits per heavy atom. The largest absolute Gasteiger partial charge is 0.421 e. The summed E-state index contributed by atoms with van der Waals surface area (Å²) in [6, 6.07) is 3.82. The van der Waals surface area contributed by atoms with Crippen LogP contribution in [0.5, 0.6) is 0 Å². The van der Waals surface area contributed by atoms with Gasteiger partial charge in [-0.15, -0.1) is 0 Å². The smallest absolute Gasteiger partial charge is 0.390 e. The first kappa shape index (κ1) is 23.4. The quantitative estimate of drug-likeness (QED) is 0.572. The number of rotatable bonds is 6. The monoisotopic (exact) mass is 461 g/mol. The highest BCUT2D eigenvalue weighted by atomic mass is 32.2. The first-order valence-corrected chi connectivity index (χ1v) is 10.8. The second-order valence-electron chi connectivity index (χ2n) is 7.45. The van der Waals surface area contributed by atoms with Crippen molar-refractivity contribution in [3.8, 4) is 0 Å². The summed E-state index contributed by atoms with van der Waals surface area (Å²) in [5, 5.41) is 12.7. The van der Waals surface area contributed by atoms with E-state index >= 15 is 0 Å². The number of aliphatic hydroxyl groups is 1. The topological polar surface area (TPSA) is 90.4 Å². The van der Waals surface area contributed by atoms with Gasteiger partial charge in [0.25, 0.3) is 0 Å². The van der Waals surface area contributed by atoms with Crippen LogP contribution < -0.4 is 14.9 Å². The lowest BCUT2D eigenvalue weighted by Crippen LogP contribution is -2.43. The fourth-order valence-corrected chi connectivity index (χ4v) is 3.95. The van der Waals surface area contributed by atoms with Gasteiger partial charge < -0.3 is 15.3 Å². The Hall–Kier alpha value is -2.31. The highest BCUT2D eigenvalue weighted by molar-refractivity contribution is 7.83. The summed E-state index contributed by atoms with van der Waals surface area (Å²) >= 11 is 0. The maximum Gasteiger partial charge on any atom is 0.421 e. The minimum absolute atomic E-state index is 0.0652. The number of nitrogens with one attached hydrogen (secondary N) is 2. The molecule has 0 saturated carbocycles. The van der Waals surface area contributed by atoms with Crippen LogP contribution in [0, 0.1) is 5.82 Å². The van der Waals surface area contributed by atoms with Gasteiger partial charge in [0.2, 0.25) is 5.95 Å². The molecular formula is C19H23F4N5O2S. The number of aromatic nitrogens is 2. The molecule has 3 rings (SSSR count). The van der Waals surface area contributed by atoms with Gasteiger partial charge >= 0.3 is 6.18 Å². The van der Waals surface area contributed by atoms with E-state index in [1.165, 1.54) is 17.0 Å². The highest BCUT2D eigenvalue weighted by Crippen LogP contribution is 2.37. The summed E-state index contributed by atoms with van der Waals surface area (Å²) in [5.41, 5.74) is -2.01. The predicted molar refractivity (Wildman–Crippen MR) is 109 cm³/mol. The number of hydrogen-bond acceptors (Lipinski definition) is 6. The molecule has 1 aliphatic rings. The minimum atomic E-state index is -4.67. The average Bonchev–Trinajstić information content (AvgIpc) is 2.69. The van der Waals surface area contributed by atoms with Crippen LogP contribution in [0.4, 0.5) is 35.0 Å². The van der Waals surface area contributed by atoms with Crippen LogP contribution in [0.3, 0.4) is 0 Å². The Labute approximate surface area is 179 Å². The Balaban J connectivity index is 1.88. The first-order chi connectivity index (χ1) is 14.5. The maximum absolute atomic E-state index is 14.4. The van der Waals surface area contributed by atoms with Gasteiger partial charge in [-0.3, -0.25) is 0 Å². The average molecular weight is 461 g/mol. The Morgan fingerprint density at radius 1 is 1.29 bits per heavy atom. The van der Waals surface area contributed by atoms with Crippen LogP contribution in [0.1, 0.15) is 32.3 Å². The van der Waals surface area contributed by atoms with Gasteiger partial charge in [0.05, 0.1) is 16.2 Å². The van der Waals surface area contributed by atoms with Crippen molar-refractivity contribution in [1.29, 1.82) is 0 Å². The SMILES string of the molecule is CCNS(=O)c1ccc(Nc2ncc(C(F)(F)F)c(N3CCC(C)(O)CC3)n2)c(F)c1. The lowest BCUT2D eigenvalue weighted by molar-refractivity contribution is -0.137. The van der Waals surface area contributed by atoms with Gasteiger partial charge in [-0.25, -0.2) is 18.3 Å². The molecule has 0 radical (unpaired) electrons. The number of nitrogens with zero attached hydrogens (tertiary/aromatic N) is 3. The fourth-order valence-electron chi connectivity index (χ4n) is 3.12.